The van der Waals surface area contributed by atoms with E-state index in [9.17, 15) is 5.11 Å². The van der Waals surface area contributed by atoms with Gasteiger partial charge in [0, 0.05) is 25.4 Å². The van der Waals surface area contributed by atoms with Crippen molar-refractivity contribution in [1.29, 1.82) is 0 Å². The summed E-state index contributed by atoms with van der Waals surface area (Å²) in [6, 6.07) is 10.0. The molecule has 2 atom stereocenters. The highest BCUT2D eigenvalue weighted by molar-refractivity contribution is 7.99. The van der Waals surface area contributed by atoms with E-state index in [0.29, 0.717) is 13.2 Å². The Hall–Kier alpha value is -0.590. The van der Waals surface area contributed by atoms with Crippen molar-refractivity contribution in [3.63, 3.8) is 0 Å². The lowest BCUT2D eigenvalue weighted by molar-refractivity contribution is -0.00181. The number of aliphatic hydroxyl groups excluding tert-OH is 2. The third kappa shape index (κ3) is 9.11. The molecule has 5 heteroatoms. The van der Waals surface area contributed by atoms with Gasteiger partial charge < -0.3 is 20.3 Å². The number of benzene rings is 1. The minimum atomic E-state index is -0.487. The predicted octanol–water partition coefficient (Wildman–Crippen LogP) is 1.83. The van der Waals surface area contributed by atoms with Gasteiger partial charge in [-0.15, -0.1) is 0 Å². The summed E-state index contributed by atoms with van der Waals surface area (Å²) in [4.78, 5) is 0. The molecule has 0 spiro atoms. The van der Waals surface area contributed by atoms with Gasteiger partial charge >= 0.3 is 0 Å². The van der Waals surface area contributed by atoms with Gasteiger partial charge in [-0.25, -0.2) is 0 Å². The molecule has 0 aliphatic heterocycles. The molecule has 1 rings (SSSR count). The highest BCUT2D eigenvalue weighted by atomic mass is 32.2. The molecule has 4 nitrogen and oxygen atoms in total. The summed E-state index contributed by atoms with van der Waals surface area (Å²) in [5.41, 5.74) is 1.12. The second kappa shape index (κ2) is 12.0. The van der Waals surface area contributed by atoms with Crippen molar-refractivity contribution in [3.05, 3.63) is 35.9 Å². The molecule has 120 valence electrons. The third-order valence-corrected chi connectivity index (χ3v) is 4.13. The van der Waals surface area contributed by atoms with Gasteiger partial charge in [0.05, 0.1) is 18.8 Å². The summed E-state index contributed by atoms with van der Waals surface area (Å²) in [7, 11) is 0. The van der Waals surface area contributed by atoms with Crippen LogP contribution in [-0.4, -0.2) is 54.1 Å². The Kier molecular flexibility index (Phi) is 10.6. The molecule has 0 aliphatic rings. The van der Waals surface area contributed by atoms with Crippen LogP contribution in [0.25, 0.3) is 0 Å². The summed E-state index contributed by atoms with van der Waals surface area (Å²) < 4.78 is 5.68. The van der Waals surface area contributed by atoms with Crippen molar-refractivity contribution in [2.45, 2.75) is 25.6 Å². The fourth-order valence-corrected chi connectivity index (χ4v) is 2.64. The molecule has 21 heavy (non-hydrogen) atoms. The molecule has 1 aromatic carbocycles. The van der Waals surface area contributed by atoms with Crippen LogP contribution in [0.4, 0.5) is 0 Å². The summed E-state index contributed by atoms with van der Waals surface area (Å²) in [5.74, 6) is 1.98. The predicted molar refractivity (Wildman–Crippen MR) is 88.7 cm³/mol. The standard InChI is InChI=1S/C16H27NO3S/c1-14(15-6-3-2-4-7-15)20-13-16(19)12-17-8-11-21-10-5-9-18/h2-4,6-7,14,16-19H,5,8-13H2,1H3. The summed E-state index contributed by atoms with van der Waals surface area (Å²) >= 11 is 1.81. The molecule has 0 heterocycles. The second-order valence-electron chi connectivity index (χ2n) is 4.93. The van der Waals surface area contributed by atoms with E-state index >= 15 is 0 Å². The number of thioether (sulfide) groups is 1. The topological polar surface area (TPSA) is 61.7 Å². The van der Waals surface area contributed by atoms with Crippen molar-refractivity contribution < 1.29 is 14.9 Å². The minimum absolute atomic E-state index is 0.00473. The number of rotatable bonds is 12. The lowest BCUT2D eigenvalue weighted by Crippen LogP contribution is -2.32. The Morgan fingerprint density at radius 1 is 1.24 bits per heavy atom. The molecule has 3 N–H and O–H groups in total. The molecule has 2 unspecified atom stereocenters. The monoisotopic (exact) mass is 313 g/mol. The first-order valence-corrected chi connectivity index (χ1v) is 8.63. The third-order valence-electron chi connectivity index (χ3n) is 3.06. The largest absolute Gasteiger partial charge is 0.396 e. The highest BCUT2D eigenvalue weighted by Crippen LogP contribution is 2.15. The maximum Gasteiger partial charge on any atom is 0.0897 e. The Bertz CT molecular complexity index is 351. The molecule has 0 saturated carbocycles. The van der Waals surface area contributed by atoms with Crippen LogP contribution >= 0.6 is 11.8 Å². The number of hydrogen-bond acceptors (Lipinski definition) is 5. The van der Waals surface area contributed by atoms with Crippen LogP contribution in [0.1, 0.15) is 25.0 Å². The molecule has 0 aliphatic carbocycles. The van der Waals surface area contributed by atoms with Gasteiger partial charge in [0.2, 0.25) is 0 Å². The Morgan fingerprint density at radius 2 is 2.00 bits per heavy atom. The van der Waals surface area contributed by atoms with E-state index in [-0.39, 0.29) is 12.7 Å². The van der Waals surface area contributed by atoms with Crippen LogP contribution in [-0.2, 0) is 4.74 Å². The molecule has 1 aromatic rings. The van der Waals surface area contributed by atoms with Crippen LogP contribution in [0.3, 0.4) is 0 Å². The first kappa shape index (κ1) is 18.5. The number of nitrogens with one attached hydrogen (secondary N) is 1. The number of hydrogen-bond donors (Lipinski definition) is 3. The van der Waals surface area contributed by atoms with Gasteiger partial charge in [-0.05, 0) is 24.7 Å². The average Bonchev–Trinajstić information content (AvgIpc) is 2.52. The quantitative estimate of drug-likeness (QED) is 0.514. The average molecular weight is 313 g/mol. The zero-order valence-electron chi connectivity index (χ0n) is 12.7. The summed E-state index contributed by atoms with van der Waals surface area (Å²) in [5, 5.41) is 21.7. The first-order valence-electron chi connectivity index (χ1n) is 7.48. The second-order valence-corrected chi connectivity index (χ2v) is 6.16. The first-order chi connectivity index (χ1) is 10.2. The van der Waals surface area contributed by atoms with E-state index in [1.54, 1.807) is 0 Å². The SMILES string of the molecule is CC(OCC(O)CNCCSCCCO)c1ccccc1. The maximum atomic E-state index is 9.86. The Morgan fingerprint density at radius 3 is 2.71 bits per heavy atom. The normalized spacial score (nSPS) is 14.0. The van der Waals surface area contributed by atoms with Gasteiger partial charge in [0.1, 0.15) is 0 Å². The molecule has 0 aromatic heterocycles. The van der Waals surface area contributed by atoms with Crippen molar-refractivity contribution in [2.75, 3.05) is 37.8 Å². The highest BCUT2D eigenvalue weighted by Gasteiger charge is 2.09. The maximum absolute atomic E-state index is 9.86. The van der Waals surface area contributed by atoms with Crippen molar-refractivity contribution >= 4 is 11.8 Å². The number of aliphatic hydroxyl groups is 2. The van der Waals surface area contributed by atoms with Crippen LogP contribution in [0, 0.1) is 0 Å². The summed E-state index contributed by atoms with van der Waals surface area (Å²) in [6.45, 7) is 3.99. The fourth-order valence-electron chi connectivity index (χ4n) is 1.82. The van der Waals surface area contributed by atoms with Gasteiger partial charge in [0.15, 0.2) is 0 Å². The molecule has 0 radical (unpaired) electrons. The molecule has 0 fully saturated rings. The van der Waals surface area contributed by atoms with E-state index in [0.717, 1.165) is 30.0 Å². The van der Waals surface area contributed by atoms with Gasteiger partial charge in [0.25, 0.3) is 0 Å². The molecule has 0 amide bonds. The molecule has 0 saturated heterocycles. The lowest BCUT2D eigenvalue weighted by Gasteiger charge is -2.17. The lowest BCUT2D eigenvalue weighted by atomic mass is 10.1. The smallest absolute Gasteiger partial charge is 0.0897 e. The van der Waals surface area contributed by atoms with Gasteiger partial charge in [-0.2, -0.15) is 11.8 Å². The van der Waals surface area contributed by atoms with Crippen LogP contribution in [0.5, 0.6) is 0 Å². The molecule has 0 bridgehead atoms. The van der Waals surface area contributed by atoms with Crippen molar-refractivity contribution in [3.8, 4) is 0 Å². The zero-order valence-corrected chi connectivity index (χ0v) is 13.5. The zero-order chi connectivity index (χ0) is 15.3. The van der Waals surface area contributed by atoms with E-state index in [2.05, 4.69) is 5.32 Å². The summed E-state index contributed by atoms with van der Waals surface area (Å²) in [6.07, 6.45) is 0.354. The Labute approximate surface area is 131 Å². The van der Waals surface area contributed by atoms with E-state index in [1.165, 1.54) is 0 Å². The van der Waals surface area contributed by atoms with Crippen LogP contribution in [0.15, 0.2) is 30.3 Å². The fraction of sp³-hybridized carbons (Fsp3) is 0.625. The van der Waals surface area contributed by atoms with Crippen molar-refractivity contribution in [1.82, 2.24) is 5.32 Å². The van der Waals surface area contributed by atoms with Gasteiger partial charge in [-0.1, -0.05) is 30.3 Å². The number of ether oxygens (including phenoxy) is 1. The van der Waals surface area contributed by atoms with Crippen LogP contribution in [0.2, 0.25) is 0 Å². The van der Waals surface area contributed by atoms with Gasteiger partial charge in [-0.3, -0.25) is 0 Å². The van der Waals surface area contributed by atoms with E-state index in [4.69, 9.17) is 9.84 Å². The minimum Gasteiger partial charge on any atom is -0.396 e. The van der Waals surface area contributed by atoms with Crippen LogP contribution < -0.4 is 5.32 Å². The Balaban J connectivity index is 2.02. The molecular weight excluding hydrogens is 286 g/mol. The molecular formula is C16H27NO3S. The van der Waals surface area contributed by atoms with E-state index in [1.807, 2.05) is 49.0 Å². The van der Waals surface area contributed by atoms with Crippen molar-refractivity contribution in [2.24, 2.45) is 0 Å². The van der Waals surface area contributed by atoms with E-state index < -0.39 is 6.10 Å².